The van der Waals surface area contributed by atoms with Crippen LogP contribution in [0.15, 0.2) is 72.1 Å². The zero-order valence-corrected chi connectivity index (χ0v) is 14.6. The predicted molar refractivity (Wildman–Crippen MR) is 99.4 cm³/mol. The molecule has 0 spiro atoms. The summed E-state index contributed by atoms with van der Waals surface area (Å²) in [6, 6.07) is 16.0. The number of anilines is 1. The number of aromatic nitrogens is 2. The minimum Gasteiger partial charge on any atom is -0.457 e. The normalized spacial score (nSPS) is 10.3. The highest BCUT2D eigenvalue weighted by atomic mass is 35.5. The summed E-state index contributed by atoms with van der Waals surface area (Å²) in [4.78, 5) is 20.1. The molecule has 0 aliphatic carbocycles. The minimum atomic E-state index is -0.121. The summed E-state index contributed by atoms with van der Waals surface area (Å²) in [5.41, 5.74) is 0.697. The van der Waals surface area contributed by atoms with Gasteiger partial charge in [0.15, 0.2) is 5.16 Å². The first-order chi connectivity index (χ1) is 12.2. The third-order valence-corrected chi connectivity index (χ3v) is 4.19. The van der Waals surface area contributed by atoms with E-state index in [4.69, 9.17) is 16.3 Å². The fourth-order valence-corrected chi connectivity index (χ4v) is 2.66. The van der Waals surface area contributed by atoms with Crippen molar-refractivity contribution in [3.8, 4) is 11.5 Å². The van der Waals surface area contributed by atoms with Crippen LogP contribution in [0.3, 0.4) is 0 Å². The fourth-order valence-electron chi connectivity index (χ4n) is 1.93. The van der Waals surface area contributed by atoms with Gasteiger partial charge in [-0.05, 0) is 54.6 Å². The molecule has 1 amide bonds. The highest BCUT2D eigenvalue weighted by Crippen LogP contribution is 2.24. The Hall–Kier alpha value is -2.57. The van der Waals surface area contributed by atoms with Gasteiger partial charge in [-0.1, -0.05) is 23.4 Å². The van der Waals surface area contributed by atoms with E-state index in [0.29, 0.717) is 27.4 Å². The molecule has 0 saturated carbocycles. The third-order valence-electron chi connectivity index (χ3n) is 3.06. The number of carbonyl (C=O) groups is 1. The predicted octanol–water partition coefficient (Wildman–Crippen LogP) is 4.65. The zero-order chi connectivity index (χ0) is 17.5. The summed E-state index contributed by atoms with van der Waals surface area (Å²) in [7, 11) is 0. The average molecular weight is 372 g/mol. The van der Waals surface area contributed by atoms with Crippen LogP contribution in [0, 0.1) is 0 Å². The lowest BCUT2D eigenvalue weighted by Crippen LogP contribution is -2.14. The monoisotopic (exact) mass is 371 g/mol. The largest absolute Gasteiger partial charge is 0.457 e. The van der Waals surface area contributed by atoms with Crippen molar-refractivity contribution >= 4 is 35.0 Å². The maximum absolute atomic E-state index is 12.0. The Kier molecular flexibility index (Phi) is 5.87. The third kappa shape index (κ3) is 5.48. The summed E-state index contributed by atoms with van der Waals surface area (Å²) >= 11 is 7.13. The lowest BCUT2D eigenvalue weighted by Gasteiger charge is -2.08. The standard InChI is InChI=1S/C18H14ClN3O2S/c19-13-2-6-15(7-3-13)24-16-8-4-14(5-9-16)22-17(23)12-25-18-20-10-1-11-21-18/h1-11H,12H2,(H,22,23). The summed E-state index contributed by atoms with van der Waals surface area (Å²) in [6.45, 7) is 0. The summed E-state index contributed by atoms with van der Waals surface area (Å²) < 4.78 is 5.71. The number of nitrogens with zero attached hydrogens (tertiary/aromatic N) is 2. The van der Waals surface area contributed by atoms with Crippen LogP contribution in [0.5, 0.6) is 11.5 Å². The molecule has 0 unspecified atom stereocenters. The molecule has 1 N–H and O–H groups in total. The molecule has 0 saturated heterocycles. The molecule has 3 rings (SSSR count). The zero-order valence-electron chi connectivity index (χ0n) is 13.1. The summed E-state index contributed by atoms with van der Waals surface area (Å²) in [6.07, 6.45) is 3.29. The average Bonchev–Trinajstić information content (AvgIpc) is 2.64. The number of halogens is 1. The first-order valence-corrected chi connectivity index (χ1v) is 8.78. The minimum absolute atomic E-state index is 0.121. The molecule has 7 heteroatoms. The molecular formula is C18H14ClN3O2S. The van der Waals surface area contributed by atoms with E-state index in [1.54, 1.807) is 67.0 Å². The Morgan fingerprint density at radius 1 is 1.00 bits per heavy atom. The number of thioether (sulfide) groups is 1. The number of ether oxygens (including phenoxy) is 1. The molecule has 0 atom stereocenters. The van der Waals surface area contributed by atoms with E-state index in [-0.39, 0.29) is 11.7 Å². The van der Waals surface area contributed by atoms with E-state index < -0.39 is 0 Å². The Morgan fingerprint density at radius 3 is 2.24 bits per heavy atom. The molecule has 3 aromatic rings. The van der Waals surface area contributed by atoms with Crippen molar-refractivity contribution in [3.05, 3.63) is 72.0 Å². The summed E-state index contributed by atoms with van der Waals surface area (Å²) in [5.74, 6) is 1.49. The molecule has 0 aliphatic rings. The molecule has 0 bridgehead atoms. The molecule has 0 aliphatic heterocycles. The van der Waals surface area contributed by atoms with Crippen molar-refractivity contribution in [1.82, 2.24) is 9.97 Å². The first-order valence-electron chi connectivity index (χ1n) is 7.42. The van der Waals surface area contributed by atoms with Gasteiger partial charge in [0.1, 0.15) is 11.5 Å². The SMILES string of the molecule is O=C(CSc1ncccn1)Nc1ccc(Oc2ccc(Cl)cc2)cc1. The molecule has 126 valence electrons. The van der Waals surface area contributed by atoms with Gasteiger partial charge < -0.3 is 10.1 Å². The Balaban J connectivity index is 1.51. The van der Waals surface area contributed by atoms with E-state index in [9.17, 15) is 4.79 Å². The topological polar surface area (TPSA) is 64.1 Å². The number of rotatable bonds is 6. The summed E-state index contributed by atoms with van der Waals surface area (Å²) in [5, 5.41) is 4.05. The van der Waals surface area contributed by atoms with Gasteiger partial charge in [-0.3, -0.25) is 4.79 Å². The second-order valence-electron chi connectivity index (χ2n) is 4.95. The van der Waals surface area contributed by atoms with Gasteiger partial charge in [0.05, 0.1) is 5.75 Å². The highest BCUT2D eigenvalue weighted by molar-refractivity contribution is 7.99. The van der Waals surface area contributed by atoms with Gasteiger partial charge in [-0.2, -0.15) is 0 Å². The molecule has 5 nitrogen and oxygen atoms in total. The first kappa shape index (κ1) is 17.3. The quantitative estimate of drug-likeness (QED) is 0.504. The van der Waals surface area contributed by atoms with E-state index in [2.05, 4.69) is 15.3 Å². The van der Waals surface area contributed by atoms with E-state index >= 15 is 0 Å². The molecule has 1 aromatic heterocycles. The Bertz CT molecular complexity index is 827. The lowest BCUT2D eigenvalue weighted by molar-refractivity contribution is -0.113. The van der Waals surface area contributed by atoms with Gasteiger partial charge in [-0.15, -0.1) is 0 Å². The van der Waals surface area contributed by atoms with Gasteiger partial charge in [-0.25, -0.2) is 9.97 Å². The fraction of sp³-hybridized carbons (Fsp3) is 0.0556. The van der Waals surface area contributed by atoms with Crippen molar-refractivity contribution in [2.75, 3.05) is 11.1 Å². The van der Waals surface area contributed by atoms with Gasteiger partial charge in [0, 0.05) is 23.1 Å². The smallest absolute Gasteiger partial charge is 0.234 e. The number of carbonyl (C=O) groups excluding carboxylic acids is 1. The number of amides is 1. The molecule has 0 radical (unpaired) electrons. The number of hydrogen-bond donors (Lipinski definition) is 1. The van der Waals surface area contributed by atoms with Crippen molar-refractivity contribution in [1.29, 1.82) is 0 Å². The van der Waals surface area contributed by atoms with Crippen molar-refractivity contribution in [2.45, 2.75) is 5.16 Å². The second-order valence-corrected chi connectivity index (χ2v) is 6.33. The van der Waals surface area contributed by atoms with Crippen molar-refractivity contribution in [2.24, 2.45) is 0 Å². The molecule has 2 aromatic carbocycles. The Morgan fingerprint density at radius 2 is 1.60 bits per heavy atom. The maximum Gasteiger partial charge on any atom is 0.234 e. The van der Waals surface area contributed by atoms with E-state index in [1.807, 2.05) is 0 Å². The van der Waals surface area contributed by atoms with Crippen LogP contribution >= 0.6 is 23.4 Å². The Labute approximate surface area is 154 Å². The molecular weight excluding hydrogens is 358 g/mol. The van der Waals surface area contributed by atoms with Gasteiger partial charge in [0.25, 0.3) is 0 Å². The number of benzene rings is 2. The van der Waals surface area contributed by atoms with Crippen LogP contribution in [0.4, 0.5) is 5.69 Å². The molecule has 1 heterocycles. The van der Waals surface area contributed by atoms with Crippen LogP contribution in [0.2, 0.25) is 5.02 Å². The molecule has 0 fully saturated rings. The van der Waals surface area contributed by atoms with Gasteiger partial charge in [0.2, 0.25) is 5.91 Å². The van der Waals surface area contributed by atoms with Crippen molar-refractivity contribution < 1.29 is 9.53 Å². The van der Waals surface area contributed by atoms with E-state index in [0.717, 1.165) is 0 Å². The highest BCUT2D eigenvalue weighted by Gasteiger charge is 2.05. The maximum atomic E-state index is 12.0. The van der Waals surface area contributed by atoms with E-state index in [1.165, 1.54) is 11.8 Å². The van der Waals surface area contributed by atoms with Crippen LogP contribution in [-0.2, 0) is 4.79 Å². The molecule has 25 heavy (non-hydrogen) atoms. The second kappa shape index (κ2) is 8.50. The van der Waals surface area contributed by atoms with Crippen LogP contribution < -0.4 is 10.1 Å². The van der Waals surface area contributed by atoms with Crippen LogP contribution in [-0.4, -0.2) is 21.6 Å². The number of nitrogens with one attached hydrogen (secondary N) is 1. The van der Waals surface area contributed by atoms with Crippen LogP contribution in [0.25, 0.3) is 0 Å². The lowest BCUT2D eigenvalue weighted by atomic mass is 10.3. The van der Waals surface area contributed by atoms with Crippen LogP contribution in [0.1, 0.15) is 0 Å². The van der Waals surface area contributed by atoms with Crippen molar-refractivity contribution in [3.63, 3.8) is 0 Å². The van der Waals surface area contributed by atoms with Gasteiger partial charge >= 0.3 is 0 Å². The number of hydrogen-bond acceptors (Lipinski definition) is 5.